The second kappa shape index (κ2) is 2.80. The third-order valence-corrected chi connectivity index (χ3v) is 4.40. The average Bonchev–Trinajstić information content (AvgIpc) is 2.71. The molecule has 0 aliphatic heterocycles. The van der Waals surface area contributed by atoms with Gasteiger partial charge in [0.05, 0.1) is 5.60 Å². The summed E-state index contributed by atoms with van der Waals surface area (Å²) in [5, 5.41) is 10.8. The van der Waals surface area contributed by atoms with Gasteiger partial charge in [-0.15, -0.1) is 0 Å². The molecule has 0 radical (unpaired) electrons. The van der Waals surface area contributed by atoms with Gasteiger partial charge in [-0.05, 0) is 29.2 Å². The Kier molecular flexibility index (Phi) is 1.55. The van der Waals surface area contributed by atoms with Crippen LogP contribution in [0, 0.1) is 0 Å². The van der Waals surface area contributed by atoms with Crippen molar-refractivity contribution < 1.29 is 5.11 Å². The van der Waals surface area contributed by atoms with Crippen LogP contribution in [-0.2, 0) is 0 Å². The molecular formula is C16H14O. The molecule has 1 heteroatoms. The summed E-state index contributed by atoms with van der Waals surface area (Å²) < 4.78 is 0. The van der Waals surface area contributed by atoms with Crippen LogP contribution >= 0.6 is 0 Å². The van der Waals surface area contributed by atoms with Crippen molar-refractivity contribution in [2.24, 2.45) is 0 Å². The lowest BCUT2D eigenvalue weighted by Crippen LogP contribution is -2.28. The van der Waals surface area contributed by atoms with E-state index in [4.69, 9.17) is 0 Å². The zero-order valence-corrected chi connectivity index (χ0v) is 9.72. The summed E-state index contributed by atoms with van der Waals surface area (Å²) in [4.78, 5) is 0. The molecule has 2 aliphatic carbocycles. The summed E-state index contributed by atoms with van der Waals surface area (Å²) in [7, 11) is 0. The van der Waals surface area contributed by atoms with Gasteiger partial charge >= 0.3 is 0 Å². The molecule has 17 heavy (non-hydrogen) atoms. The first-order chi connectivity index (χ1) is 8.21. The average molecular weight is 222 g/mol. The van der Waals surface area contributed by atoms with Gasteiger partial charge in [0, 0.05) is 11.8 Å². The van der Waals surface area contributed by atoms with Crippen molar-refractivity contribution in [1.82, 2.24) is 0 Å². The molecule has 2 bridgehead atoms. The summed E-state index contributed by atoms with van der Waals surface area (Å²) in [6.45, 7) is 1.97. The molecule has 0 saturated heterocycles. The van der Waals surface area contributed by atoms with Crippen LogP contribution in [0.2, 0.25) is 0 Å². The second-order valence-electron chi connectivity index (χ2n) is 5.35. The SMILES string of the molecule is CC1(O)C2c3ccccc3C1c1ccccc12. The number of hydrogen-bond acceptors (Lipinski definition) is 1. The fourth-order valence-corrected chi connectivity index (χ4v) is 3.83. The summed E-state index contributed by atoms with van der Waals surface area (Å²) in [6.07, 6.45) is 0. The molecule has 0 unspecified atom stereocenters. The predicted molar refractivity (Wildman–Crippen MR) is 67.2 cm³/mol. The molecule has 0 saturated carbocycles. The van der Waals surface area contributed by atoms with Gasteiger partial charge in [0.25, 0.3) is 0 Å². The maximum absolute atomic E-state index is 10.8. The molecule has 0 heterocycles. The Morgan fingerprint density at radius 1 is 0.765 bits per heavy atom. The molecular weight excluding hydrogens is 208 g/mol. The van der Waals surface area contributed by atoms with Crippen molar-refractivity contribution in [3.63, 3.8) is 0 Å². The minimum absolute atomic E-state index is 0.153. The number of fused-ring (bicyclic) bond motifs is 8. The molecule has 2 aliphatic rings. The smallest absolute Gasteiger partial charge is 0.0837 e. The van der Waals surface area contributed by atoms with Gasteiger partial charge < -0.3 is 5.11 Å². The van der Waals surface area contributed by atoms with Gasteiger partial charge in [0.15, 0.2) is 0 Å². The monoisotopic (exact) mass is 222 g/mol. The second-order valence-corrected chi connectivity index (χ2v) is 5.35. The van der Waals surface area contributed by atoms with Crippen molar-refractivity contribution >= 4 is 0 Å². The van der Waals surface area contributed by atoms with E-state index < -0.39 is 5.60 Å². The highest BCUT2D eigenvalue weighted by atomic mass is 16.3. The fraction of sp³-hybridized carbons (Fsp3) is 0.250. The lowest BCUT2D eigenvalue weighted by Gasteiger charge is -2.23. The Bertz CT molecular complexity index is 513. The highest BCUT2D eigenvalue weighted by Crippen LogP contribution is 2.61. The lowest BCUT2D eigenvalue weighted by atomic mass is 9.86. The minimum Gasteiger partial charge on any atom is -0.388 e. The summed E-state index contributed by atoms with van der Waals surface area (Å²) in [5.74, 6) is 0.305. The molecule has 0 aromatic heterocycles. The van der Waals surface area contributed by atoms with Crippen LogP contribution in [0.3, 0.4) is 0 Å². The van der Waals surface area contributed by atoms with E-state index in [1.54, 1.807) is 0 Å². The fourth-order valence-electron chi connectivity index (χ4n) is 3.83. The molecule has 2 aromatic carbocycles. The zero-order chi connectivity index (χ0) is 11.6. The van der Waals surface area contributed by atoms with Crippen molar-refractivity contribution in [2.45, 2.75) is 24.4 Å². The van der Waals surface area contributed by atoms with E-state index in [-0.39, 0.29) is 11.8 Å². The number of hydrogen-bond donors (Lipinski definition) is 1. The number of rotatable bonds is 0. The van der Waals surface area contributed by atoms with Gasteiger partial charge in [-0.2, -0.15) is 0 Å². The standard InChI is InChI=1S/C16H14O/c1-16(17)14-10-6-2-3-7-11(10)15(16)13-9-5-4-8-12(13)14/h2-9,14-15,17H,1H3. The van der Waals surface area contributed by atoms with Gasteiger partial charge in [-0.25, -0.2) is 0 Å². The first-order valence-electron chi connectivity index (χ1n) is 6.11. The van der Waals surface area contributed by atoms with Crippen molar-refractivity contribution in [1.29, 1.82) is 0 Å². The van der Waals surface area contributed by atoms with Crippen LogP contribution in [0.25, 0.3) is 0 Å². The van der Waals surface area contributed by atoms with E-state index in [1.165, 1.54) is 22.3 Å². The van der Waals surface area contributed by atoms with E-state index in [0.717, 1.165) is 0 Å². The molecule has 0 atom stereocenters. The molecule has 0 fully saturated rings. The Balaban J connectivity index is 2.08. The lowest BCUT2D eigenvalue weighted by molar-refractivity contribution is 0.0514. The zero-order valence-electron chi connectivity index (χ0n) is 9.72. The summed E-state index contributed by atoms with van der Waals surface area (Å²) in [5.41, 5.74) is 4.57. The van der Waals surface area contributed by atoms with E-state index >= 15 is 0 Å². The van der Waals surface area contributed by atoms with Crippen LogP contribution in [0.5, 0.6) is 0 Å². The van der Waals surface area contributed by atoms with Gasteiger partial charge in [-0.3, -0.25) is 0 Å². The third kappa shape index (κ3) is 0.945. The summed E-state index contributed by atoms with van der Waals surface area (Å²) >= 11 is 0. The molecule has 0 amide bonds. The van der Waals surface area contributed by atoms with Crippen molar-refractivity contribution in [2.75, 3.05) is 0 Å². The van der Waals surface area contributed by atoms with E-state index in [1.807, 2.05) is 6.92 Å². The van der Waals surface area contributed by atoms with E-state index in [0.29, 0.717) is 0 Å². The van der Waals surface area contributed by atoms with Crippen molar-refractivity contribution in [3.8, 4) is 0 Å². The maximum atomic E-state index is 10.8. The Morgan fingerprint density at radius 2 is 1.06 bits per heavy atom. The number of aliphatic hydroxyl groups is 1. The molecule has 84 valence electrons. The first kappa shape index (κ1) is 9.43. The molecule has 4 rings (SSSR count). The van der Waals surface area contributed by atoms with Crippen LogP contribution in [-0.4, -0.2) is 10.7 Å². The predicted octanol–water partition coefficient (Wildman–Crippen LogP) is 3.03. The minimum atomic E-state index is -0.659. The van der Waals surface area contributed by atoms with Crippen LogP contribution < -0.4 is 0 Å². The summed E-state index contributed by atoms with van der Waals surface area (Å²) in [6, 6.07) is 16.9. The van der Waals surface area contributed by atoms with Crippen LogP contribution in [0.15, 0.2) is 48.5 Å². The van der Waals surface area contributed by atoms with Gasteiger partial charge in [0.2, 0.25) is 0 Å². The Morgan fingerprint density at radius 3 is 1.35 bits per heavy atom. The van der Waals surface area contributed by atoms with Crippen LogP contribution in [0.1, 0.15) is 41.0 Å². The number of benzene rings is 2. The maximum Gasteiger partial charge on any atom is 0.0837 e. The van der Waals surface area contributed by atoms with E-state index in [9.17, 15) is 5.11 Å². The largest absolute Gasteiger partial charge is 0.388 e. The normalized spacial score (nSPS) is 32.4. The van der Waals surface area contributed by atoms with Crippen molar-refractivity contribution in [3.05, 3.63) is 70.8 Å². The third-order valence-electron chi connectivity index (χ3n) is 4.40. The highest BCUT2D eigenvalue weighted by molar-refractivity contribution is 5.62. The van der Waals surface area contributed by atoms with Gasteiger partial charge in [-0.1, -0.05) is 48.5 Å². The molecule has 2 aromatic rings. The van der Waals surface area contributed by atoms with Gasteiger partial charge in [0.1, 0.15) is 0 Å². The molecule has 1 nitrogen and oxygen atoms in total. The topological polar surface area (TPSA) is 20.2 Å². The Labute approximate surface area is 101 Å². The quantitative estimate of drug-likeness (QED) is 0.726. The Hall–Kier alpha value is -1.60. The molecule has 0 spiro atoms. The molecule has 1 N–H and O–H groups in total. The first-order valence-corrected chi connectivity index (χ1v) is 6.11. The van der Waals surface area contributed by atoms with Crippen LogP contribution in [0.4, 0.5) is 0 Å². The van der Waals surface area contributed by atoms with E-state index in [2.05, 4.69) is 48.5 Å². The highest BCUT2D eigenvalue weighted by Gasteiger charge is 2.56.